The maximum Gasteiger partial charge on any atom is -0.0320 e. The Kier molecular flexibility index (Phi) is 7.18. The molecule has 0 aliphatic rings. The van der Waals surface area contributed by atoms with E-state index in [0.29, 0.717) is 0 Å². The summed E-state index contributed by atoms with van der Waals surface area (Å²) in [4.78, 5) is 0. The van der Waals surface area contributed by atoms with Crippen molar-refractivity contribution >= 4 is 0 Å². The third-order valence-electron chi connectivity index (χ3n) is 2.09. The smallest absolute Gasteiger partial charge is 0.0320 e. The van der Waals surface area contributed by atoms with Gasteiger partial charge in [-0.25, -0.2) is 0 Å². The fourth-order valence-corrected chi connectivity index (χ4v) is 1.24. The lowest BCUT2D eigenvalue weighted by Gasteiger charge is -2.03. The molecule has 0 nitrogen and oxygen atoms in total. The molecule has 0 fully saturated rings. The van der Waals surface area contributed by atoms with Gasteiger partial charge in [-0.15, -0.1) is 0 Å². The van der Waals surface area contributed by atoms with Crippen LogP contribution in [0.2, 0.25) is 0 Å². The van der Waals surface area contributed by atoms with E-state index in [2.05, 4.69) is 26.8 Å². The first-order valence-electron chi connectivity index (χ1n) is 5.45. The zero-order chi connectivity index (χ0) is 11.0. The van der Waals surface area contributed by atoms with E-state index >= 15 is 0 Å². The summed E-state index contributed by atoms with van der Waals surface area (Å²) in [6, 6.07) is 0. The maximum absolute atomic E-state index is 5.52. The van der Waals surface area contributed by atoms with Crippen molar-refractivity contribution in [1.82, 2.24) is 0 Å². The van der Waals surface area contributed by atoms with E-state index in [0.717, 1.165) is 11.5 Å². The van der Waals surface area contributed by atoms with Crippen LogP contribution in [0.5, 0.6) is 0 Å². The third-order valence-corrected chi connectivity index (χ3v) is 2.09. The molecule has 0 bridgehead atoms. The lowest BCUT2D eigenvalue weighted by molar-refractivity contribution is 0.555. The Hall–Kier alpha value is -0.780. The van der Waals surface area contributed by atoms with Crippen molar-refractivity contribution in [1.29, 1.82) is 0 Å². The second-order valence-corrected chi connectivity index (χ2v) is 4.40. The van der Waals surface area contributed by atoms with Crippen molar-refractivity contribution in [2.45, 2.75) is 47.0 Å². The Morgan fingerprint density at radius 3 is 2.43 bits per heavy atom. The predicted molar refractivity (Wildman–Crippen MR) is 65.1 cm³/mol. The van der Waals surface area contributed by atoms with Gasteiger partial charge in [0, 0.05) is 0 Å². The van der Waals surface area contributed by atoms with Crippen LogP contribution in [0.3, 0.4) is 0 Å². The van der Waals surface area contributed by atoms with Crippen LogP contribution in [0.1, 0.15) is 47.0 Å². The summed E-state index contributed by atoms with van der Waals surface area (Å²) in [5.41, 5.74) is 2.29. The molecule has 0 heterocycles. The highest BCUT2D eigenvalue weighted by Gasteiger charge is 1.94. The van der Waals surface area contributed by atoms with E-state index in [9.17, 15) is 0 Å². The van der Waals surface area contributed by atoms with Gasteiger partial charge in [0.15, 0.2) is 0 Å². The normalized spacial score (nSPS) is 12.8. The first-order valence-corrected chi connectivity index (χ1v) is 5.45. The molecule has 0 heteroatoms. The van der Waals surface area contributed by atoms with Gasteiger partial charge in [0.2, 0.25) is 0 Å². The van der Waals surface area contributed by atoms with E-state index < -0.39 is 0 Å². The Morgan fingerprint density at radius 2 is 1.93 bits per heavy atom. The molecular formula is C14H23. The first kappa shape index (κ1) is 13.2. The third kappa shape index (κ3) is 9.31. The highest BCUT2D eigenvalue weighted by Crippen LogP contribution is 2.11. The highest BCUT2D eigenvalue weighted by molar-refractivity contribution is 5.18. The SMILES string of the molecule is [CH]=C(C)/C=C/C=C(\C)CCCC(C)C. The quantitative estimate of drug-likeness (QED) is 0.534. The number of hydrogen-bond donors (Lipinski definition) is 0. The first-order chi connectivity index (χ1) is 6.52. The summed E-state index contributed by atoms with van der Waals surface area (Å²) >= 11 is 0. The molecule has 0 atom stereocenters. The number of allylic oxidation sites excluding steroid dienone is 5. The van der Waals surface area contributed by atoms with E-state index in [1.165, 1.54) is 24.8 Å². The summed E-state index contributed by atoms with van der Waals surface area (Å²) in [6.45, 7) is 14.1. The maximum atomic E-state index is 5.52. The minimum atomic E-state index is 0.818. The van der Waals surface area contributed by atoms with Crippen LogP contribution < -0.4 is 0 Å². The topological polar surface area (TPSA) is 0 Å². The lowest BCUT2D eigenvalue weighted by atomic mass is 10.0. The van der Waals surface area contributed by atoms with E-state index in [-0.39, 0.29) is 0 Å². The van der Waals surface area contributed by atoms with Crippen molar-refractivity contribution in [3.8, 4) is 0 Å². The van der Waals surface area contributed by atoms with Gasteiger partial charge >= 0.3 is 0 Å². The van der Waals surface area contributed by atoms with Crippen molar-refractivity contribution in [3.05, 3.63) is 36.0 Å². The van der Waals surface area contributed by atoms with Crippen LogP contribution in [0.25, 0.3) is 0 Å². The monoisotopic (exact) mass is 191 g/mol. The molecule has 0 unspecified atom stereocenters. The molecule has 0 aromatic carbocycles. The Bertz CT molecular complexity index is 216. The fraction of sp³-hybridized carbons (Fsp3) is 0.571. The lowest BCUT2D eigenvalue weighted by Crippen LogP contribution is -1.87. The second kappa shape index (κ2) is 7.61. The van der Waals surface area contributed by atoms with Gasteiger partial charge in [-0.3, -0.25) is 0 Å². The second-order valence-electron chi connectivity index (χ2n) is 4.40. The van der Waals surface area contributed by atoms with Gasteiger partial charge in [-0.1, -0.05) is 56.2 Å². The minimum Gasteiger partial charge on any atom is -0.0733 e. The average molecular weight is 191 g/mol. The zero-order valence-corrected chi connectivity index (χ0v) is 10.0. The van der Waals surface area contributed by atoms with Crippen molar-refractivity contribution in [2.75, 3.05) is 0 Å². The molecule has 0 aliphatic carbocycles. The van der Waals surface area contributed by atoms with Gasteiger partial charge in [-0.05, 0) is 32.6 Å². The van der Waals surface area contributed by atoms with Gasteiger partial charge in [-0.2, -0.15) is 0 Å². The van der Waals surface area contributed by atoms with Crippen molar-refractivity contribution < 1.29 is 0 Å². The highest BCUT2D eigenvalue weighted by atomic mass is 14.0. The van der Waals surface area contributed by atoms with Gasteiger partial charge in [0.25, 0.3) is 0 Å². The van der Waals surface area contributed by atoms with Crippen molar-refractivity contribution in [3.63, 3.8) is 0 Å². The molecule has 0 saturated carbocycles. The van der Waals surface area contributed by atoms with E-state index in [1.54, 1.807) is 0 Å². The summed E-state index contributed by atoms with van der Waals surface area (Å²) in [6.07, 6.45) is 9.92. The summed E-state index contributed by atoms with van der Waals surface area (Å²) in [7, 11) is 0. The Balaban J connectivity index is 3.72. The molecule has 0 amide bonds. The molecule has 0 saturated heterocycles. The summed E-state index contributed by atoms with van der Waals surface area (Å²) in [5, 5.41) is 0. The molecule has 0 rings (SSSR count). The average Bonchev–Trinajstić information content (AvgIpc) is 2.02. The molecule has 0 aromatic rings. The molecule has 0 N–H and O–H groups in total. The minimum absolute atomic E-state index is 0.818. The Labute approximate surface area is 89.4 Å². The standard InChI is InChI=1S/C14H23/c1-12(2)8-6-10-14(5)11-7-9-13(3)4/h1,6,8,10,13H,7,9,11H2,2-5H3/b8-6+,12-1?,14-10+. The molecule has 0 aromatic heterocycles. The van der Waals surface area contributed by atoms with E-state index in [1.807, 2.05) is 19.1 Å². The molecule has 14 heavy (non-hydrogen) atoms. The number of hydrogen-bond acceptors (Lipinski definition) is 0. The van der Waals surface area contributed by atoms with Gasteiger partial charge in [0.1, 0.15) is 0 Å². The van der Waals surface area contributed by atoms with E-state index in [4.69, 9.17) is 6.58 Å². The van der Waals surface area contributed by atoms with Gasteiger partial charge in [0.05, 0.1) is 0 Å². The Morgan fingerprint density at radius 1 is 1.29 bits per heavy atom. The molecule has 0 aliphatic heterocycles. The molecule has 1 radical (unpaired) electrons. The zero-order valence-electron chi connectivity index (χ0n) is 10.0. The van der Waals surface area contributed by atoms with Gasteiger partial charge < -0.3 is 0 Å². The largest absolute Gasteiger partial charge is 0.0733 e. The molecular weight excluding hydrogens is 168 g/mol. The molecule has 79 valence electrons. The summed E-state index contributed by atoms with van der Waals surface area (Å²) < 4.78 is 0. The van der Waals surface area contributed by atoms with Crippen LogP contribution in [-0.2, 0) is 0 Å². The number of rotatable bonds is 6. The van der Waals surface area contributed by atoms with Crippen LogP contribution in [-0.4, -0.2) is 0 Å². The fourth-order valence-electron chi connectivity index (χ4n) is 1.24. The van der Waals surface area contributed by atoms with Crippen LogP contribution in [0, 0.1) is 12.5 Å². The van der Waals surface area contributed by atoms with Crippen LogP contribution in [0.15, 0.2) is 29.4 Å². The van der Waals surface area contributed by atoms with Crippen molar-refractivity contribution in [2.24, 2.45) is 5.92 Å². The molecule has 0 spiro atoms. The summed E-state index contributed by atoms with van der Waals surface area (Å²) in [5.74, 6) is 0.818. The predicted octanol–water partition coefficient (Wildman–Crippen LogP) is 4.69. The van der Waals surface area contributed by atoms with Crippen LogP contribution >= 0.6 is 0 Å². The van der Waals surface area contributed by atoms with Crippen LogP contribution in [0.4, 0.5) is 0 Å².